The van der Waals surface area contributed by atoms with E-state index in [1.54, 1.807) is 83.8 Å². The minimum Gasteiger partial charge on any atom is -0.497 e. The van der Waals surface area contributed by atoms with Gasteiger partial charge in [-0.3, -0.25) is 14.4 Å². The van der Waals surface area contributed by atoms with E-state index in [1.807, 2.05) is 0 Å². The summed E-state index contributed by atoms with van der Waals surface area (Å²) in [5, 5.41) is 2.61. The summed E-state index contributed by atoms with van der Waals surface area (Å²) >= 11 is 0. The normalized spacial score (nSPS) is 11.7. The van der Waals surface area contributed by atoms with Gasteiger partial charge in [-0.05, 0) is 103 Å². The van der Waals surface area contributed by atoms with Crippen LogP contribution in [0.3, 0.4) is 0 Å². The molecule has 0 fully saturated rings. The quantitative estimate of drug-likeness (QED) is 0.154. The van der Waals surface area contributed by atoms with E-state index in [4.69, 9.17) is 9.47 Å². The van der Waals surface area contributed by atoms with E-state index < -0.39 is 35.2 Å². The largest absolute Gasteiger partial charge is 0.497 e. The number of rotatable bonds is 12. The molecule has 0 unspecified atom stereocenters. The monoisotopic (exact) mass is 701 g/mol. The summed E-state index contributed by atoms with van der Waals surface area (Å²) in [6.07, 6.45) is 0.720. The van der Waals surface area contributed by atoms with Crippen molar-refractivity contribution in [2.75, 3.05) is 38.1 Å². The number of aryl methyl sites for hydroxylation is 1. The average Bonchev–Trinajstić information content (AvgIpc) is 3.08. The van der Waals surface area contributed by atoms with Crippen molar-refractivity contribution in [3.05, 3.63) is 119 Å². The molecule has 8 nitrogen and oxygen atoms in total. The van der Waals surface area contributed by atoms with E-state index >= 15 is 0 Å². The van der Waals surface area contributed by atoms with Crippen LogP contribution in [0.15, 0.2) is 84.9 Å². The molecule has 50 heavy (non-hydrogen) atoms. The molecule has 272 valence electrons. The van der Waals surface area contributed by atoms with Crippen LogP contribution in [0.4, 0.5) is 28.9 Å². The lowest BCUT2D eigenvalue weighted by molar-refractivity contribution is -0.126. The molecule has 1 N–H and O–H groups in total. The number of halogens is 4. The molecular weight excluding hydrogens is 654 g/mol. The van der Waals surface area contributed by atoms with Gasteiger partial charge in [0.1, 0.15) is 40.8 Å². The molecule has 4 rings (SSSR count). The first-order valence-electron chi connectivity index (χ1n) is 15.7. The lowest BCUT2D eigenvalue weighted by Crippen LogP contribution is -2.47. The number of carbonyl (C=O) groups is 3. The number of anilines is 2. The zero-order valence-corrected chi connectivity index (χ0v) is 28.8. The predicted octanol–water partition coefficient (Wildman–Crippen LogP) is 7.63. The zero-order valence-electron chi connectivity index (χ0n) is 28.8. The number of amides is 3. The van der Waals surface area contributed by atoms with Crippen molar-refractivity contribution in [3.8, 4) is 11.5 Å². The molecule has 0 radical (unpaired) electrons. The van der Waals surface area contributed by atoms with Crippen LogP contribution in [0.2, 0.25) is 0 Å². The van der Waals surface area contributed by atoms with Crippen LogP contribution in [0.5, 0.6) is 11.5 Å². The summed E-state index contributed by atoms with van der Waals surface area (Å²) in [5.74, 6) is -2.47. The van der Waals surface area contributed by atoms with Crippen molar-refractivity contribution < 1.29 is 45.7 Å². The molecule has 2 atom stereocenters. The lowest BCUT2D eigenvalue weighted by Gasteiger charge is -2.24. The zero-order chi connectivity index (χ0) is 37.0. The number of nitrogens with one attached hydrogen (secondary N) is 1. The molecule has 0 aliphatic carbocycles. The van der Waals surface area contributed by atoms with Crippen LogP contribution in [0.1, 0.15) is 35.7 Å². The number of hydrogen-bond donors (Lipinski definition) is 1. The van der Waals surface area contributed by atoms with E-state index in [9.17, 15) is 31.9 Å². The van der Waals surface area contributed by atoms with Gasteiger partial charge in [0.15, 0.2) is 0 Å². The van der Waals surface area contributed by atoms with Crippen molar-refractivity contribution in [2.45, 2.75) is 39.2 Å². The summed E-state index contributed by atoms with van der Waals surface area (Å²) in [5.41, 5.74) is 2.25. The Hall–Kier alpha value is -5.39. The van der Waals surface area contributed by atoms with E-state index in [-0.39, 0.29) is 41.3 Å². The van der Waals surface area contributed by atoms with Gasteiger partial charge < -0.3 is 24.6 Å². The minimum absolute atomic E-state index is 0. The van der Waals surface area contributed by atoms with Gasteiger partial charge in [0, 0.05) is 54.7 Å². The van der Waals surface area contributed by atoms with Crippen molar-refractivity contribution in [1.29, 1.82) is 0 Å². The molecule has 0 bridgehead atoms. The third kappa shape index (κ3) is 11.6. The molecule has 4 aromatic rings. The van der Waals surface area contributed by atoms with Gasteiger partial charge in [-0.2, -0.15) is 0 Å². The van der Waals surface area contributed by atoms with Crippen molar-refractivity contribution >= 4 is 29.1 Å². The Kier molecular flexibility index (Phi) is 14.4. The van der Waals surface area contributed by atoms with E-state index in [0.717, 1.165) is 17.8 Å². The van der Waals surface area contributed by atoms with Crippen molar-refractivity contribution in [1.82, 2.24) is 5.32 Å². The number of carbonyl (C=O) groups excluding carboxylic acids is 3. The fourth-order valence-electron chi connectivity index (χ4n) is 5.17. The second kappa shape index (κ2) is 18.4. The first kappa shape index (κ1) is 39.1. The highest BCUT2D eigenvalue weighted by Gasteiger charge is 2.24. The molecule has 0 aliphatic rings. The highest BCUT2D eigenvalue weighted by atomic mass is 19.1. The van der Waals surface area contributed by atoms with E-state index in [2.05, 4.69) is 5.32 Å². The Morgan fingerprint density at radius 2 is 1.08 bits per heavy atom. The van der Waals surface area contributed by atoms with Gasteiger partial charge in [0.25, 0.3) is 0 Å². The summed E-state index contributed by atoms with van der Waals surface area (Å²) in [6, 6.07) is 19.7. The van der Waals surface area contributed by atoms with Crippen LogP contribution in [-0.2, 0) is 27.2 Å². The number of nitrogens with zero attached hydrogens (tertiary/aromatic N) is 2. The van der Waals surface area contributed by atoms with Gasteiger partial charge in [-0.15, -0.1) is 0 Å². The Morgan fingerprint density at radius 1 is 0.680 bits per heavy atom. The Morgan fingerprint density at radius 3 is 1.48 bits per heavy atom. The molecule has 3 amide bonds. The number of benzene rings is 4. The highest BCUT2D eigenvalue weighted by Crippen LogP contribution is 2.22. The van der Waals surface area contributed by atoms with Crippen LogP contribution in [-0.4, -0.2) is 52.1 Å². The standard InChI is InChI=1S/C20H22F2N2O3.C18H19F2NO2.3H2/c1-13(25)23-19(9-4-14-10-15(21)12-16(22)11-14)20(26)24(2)17-5-7-18(27-3)8-6-17;1-12(8-13-9-14(19)11-15(20)10-13)18(22)21(2)16-4-6-17(23-3)7-5-16;;;/h5-8,10-12,19H,4,9H2,1-3H3,(H,23,25);4-7,9-12H,8H2,1-3H3;3*1H/t19-;12-;;;/m00.../s1. The molecular formula is C38H47F4N3O5. The number of likely N-dealkylation sites (N-methyl/N-ethyl adjacent to an activating group) is 1. The fraction of sp³-hybridized carbons (Fsp3) is 0.289. The topological polar surface area (TPSA) is 88.2 Å². The Balaban J connectivity index is 0.000000976. The molecule has 0 aromatic heterocycles. The first-order chi connectivity index (χ1) is 23.7. The third-order valence-electron chi connectivity index (χ3n) is 7.79. The molecule has 0 saturated heterocycles. The van der Waals surface area contributed by atoms with Crippen LogP contribution in [0.25, 0.3) is 0 Å². The smallest absolute Gasteiger partial charge is 0.249 e. The van der Waals surface area contributed by atoms with E-state index in [1.165, 1.54) is 41.0 Å². The first-order valence-corrected chi connectivity index (χ1v) is 15.7. The molecule has 0 heterocycles. The summed E-state index contributed by atoms with van der Waals surface area (Å²) in [6.45, 7) is 3.06. The maximum atomic E-state index is 13.3. The van der Waals surface area contributed by atoms with Crippen LogP contribution < -0.4 is 24.6 Å². The van der Waals surface area contributed by atoms with Crippen LogP contribution >= 0.6 is 0 Å². The second-order valence-corrected chi connectivity index (χ2v) is 11.6. The summed E-state index contributed by atoms with van der Waals surface area (Å²) in [4.78, 5) is 39.8. The van der Waals surface area contributed by atoms with Gasteiger partial charge in [0.2, 0.25) is 17.7 Å². The van der Waals surface area contributed by atoms with Gasteiger partial charge in [0.05, 0.1) is 14.2 Å². The molecule has 0 spiro atoms. The minimum atomic E-state index is -0.819. The van der Waals surface area contributed by atoms with Crippen molar-refractivity contribution in [3.63, 3.8) is 0 Å². The molecule has 0 aliphatic heterocycles. The Labute approximate surface area is 294 Å². The van der Waals surface area contributed by atoms with E-state index in [0.29, 0.717) is 28.3 Å². The maximum absolute atomic E-state index is 13.3. The highest BCUT2D eigenvalue weighted by molar-refractivity contribution is 5.98. The number of methoxy groups -OCH3 is 2. The number of ether oxygens (including phenoxy) is 2. The molecule has 0 saturated carbocycles. The maximum Gasteiger partial charge on any atom is 0.249 e. The molecule has 4 aromatic carbocycles. The summed E-state index contributed by atoms with van der Waals surface area (Å²) in [7, 11) is 6.39. The lowest BCUT2D eigenvalue weighted by atomic mass is 9.99. The third-order valence-corrected chi connectivity index (χ3v) is 7.79. The summed E-state index contributed by atoms with van der Waals surface area (Å²) < 4.78 is 63.3. The van der Waals surface area contributed by atoms with Gasteiger partial charge >= 0.3 is 0 Å². The van der Waals surface area contributed by atoms with Gasteiger partial charge in [-0.1, -0.05) is 6.92 Å². The SMILES string of the molecule is COc1ccc(N(C)C(=O)[C@@H](C)Cc2cc(F)cc(F)c2)cc1.COc1ccc(N(C)C(=O)[C@H](CCc2cc(F)cc(F)c2)NC(C)=O)cc1.[HH].[HH].[HH]. The average molecular weight is 702 g/mol. The predicted molar refractivity (Wildman–Crippen MR) is 191 cm³/mol. The van der Waals surface area contributed by atoms with Gasteiger partial charge in [-0.25, -0.2) is 17.6 Å². The van der Waals surface area contributed by atoms with Crippen LogP contribution in [0, 0.1) is 29.2 Å². The number of hydrogen-bond acceptors (Lipinski definition) is 5. The van der Waals surface area contributed by atoms with Crippen molar-refractivity contribution in [2.24, 2.45) is 5.92 Å². The molecule has 12 heteroatoms. The fourth-order valence-corrected chi connectivity index (χ4v) is 5.17. The second-order valence-electron chi connectivity index (χ2n) is 11.6. The Bertz CT molecular complexity index is 1730.